The van der Waals surface area contributed by atoms with Gasteiger partial charge in [-0.2, -0.15) is 0 Å². The van der Waals surface area contributed by atoms with E-state index < -0.39 is 30.9 Å². The zero-order valence-electron chi connectivity index (χ0n) is 14.7. The van der Waals surface area contributed by atoms with E-state index in [-0.39, 0.29) is 16.9 Å². The molecule has 6 nitrogen and oxygen atoms in total. The molecule has 0 spiro atoms. The third kappa shape index (κ3) is 3.83. The van der Waals surface area contributed by atoms with Crippen LogP contribution in [0.5, 0.6) is 0 Å². The summed E-state index contributed by atoms with van der Waals surface area (Å²) in [6, 6.07) is 10.1. The van der Waals surface area contributed by atoms with E-state index in [9.17, 15) is 19.2 Å². The number of benzene rings is 2. The Labute approximate surface area is 164 Å². The van der Waals surface area contributed by atoms with Crippen LogP contribution in [-0.2, 0) is 9.53 Å². The molecule has 0 aliphatic carbocycles. The summed E-state index contributed by atoms with van der Waals surface area (Å²) in [5, 5.41) is 0. The number of hydrogen-bond acceptors (Lipinski definition) is 5. The number of Topliss-reactive ketones (excluding diaryl/α,β-unsaturated/α-hetero) is 1. The molecule has 2 aromatic carbocycles. The highest BCUT2D eigenvalue weighted by Crippen LogP contribution is 2.25. The molecular weight excluding hydrogens is 414 g/mol. The number of fused-ring (bicyclic) bond motifs is 1. The van der Waals surface area contributed by atoms with Gasteiger partial charge in [-0.15, -0.1) is 0 Å². The third-order valence-corrected chi connectivity index (χ3v) is 4.77. The number of imide groups is 1. The highest BCUT2D eigenvalue weighted by atomic mass is 79.9. The number of aryl methyl sites for hydroxylation is 2. The molecule has 0 atom stereocenters. The van der Waals surface area contributed by atoms with Gasteiger partial charge >= 0.3 is 5.97 Å². The maximum absolute atomic E-state index is 12.3. The van der Waals surface area contributed by atoms with E-state index >= 15 is 0 Å². The molecule has 3 rings (SSSR count). The van der Waals surface area contributed by atoms with Crippen LogP contribution in [0.1, 0.15) is 42.2 Å². The number of ether oxygens (including phenoxy) is 1. The minimum atomic E-state index is -0.817. The molecule has 1 aliphatic heterocycles. The number of hydrogen-bond donors (Lipinski definition) is 0. The number of rotatable bonds is 5. The molecule has 7 heteroatoms. The number of amides is 2. The van der Waals surface area contributed by atoms with E-state index in [0.717, 1.165) is 16.0 Å². The molecule has 0 saturated heterocycles. The van der Waals surface area contributed by atoms with Crippen molar-refractivity contribution in [3.8, 4) is 0 Å². The van der Waals surface area contributed by atoms with Crippen molar-refractivity contribution in [1.29, 1.82) is 0 Å². The third-order valence-electron chi connectivity index (χ3n) is 4.28. The zero-order chi connectivity index (χ0) is 19.7. The number of ketones is 1. The van der Waals surface area contributed by atoms with Gasteiger partial charge in [0, 0.05) is 10.0 Å². The second-order valence-corrected chi connectivity index (χ2v) is 7.20. The van der Waals surface area contributed by atoms with Crippen LogP contribution in [0.15, 0.2) is 40.9 Å². The van der Waals surface area contributed by atoms with Crippen molar-refractivity contribution < 1.29 is 23.9 Å². The van der Waals surface area contributed by atoms with Crippen molar-refractivity contribution in [2.45, 2.75) is 13.8 Å². The molecule has 1 aliphatic rings. The van der Waals surface area contributed by atoms with Crippen LogP contribution in [0.25, 0.3) is 0 Å². The van der Waals surface area contributed by atoms with Gasteiger partial charge in [-0.05, 0) is 43.7 Å². The van der Waals surface area contributed by atoms with E-state index in [1.165, 1.54) is 12.1 Å². The second kappa shape index (κ2) is 7.44. The van der Waals surface area contributed by atoms with Crippen LogP contribution in [0.3, 0.4) is 0 Å². The van der Waals surface area contributed by atoms with Crippen molar-refractivity contribution in [2.24, 2.45) is 0 Å². The fraction of sp³-hybridized carbons (Fsp3) is 0.200. The van der Waals surface area contributed by atoms with E-state index in [0.29, 0.717) is 10.0 Å². The quantitative estimate of drug-likeness (QED) is 0.414. The summed E-state index contributed by atoms with van der Waals surface area (Å²) in [6.45, 7) is 2.68. The standard InChI is InChI=1S/C20H16BrNO5/c1-11-3-4-12(2)15(7-11)17(23)10-27-18(24)9-22-19(25)14-6-5-13(21)8-16(14)20(22)26/h3-8H,9-10H2,1-2H3. The molecule has 27 heavy (non-hydrogen) atoms. The van der Waals surface area contributed by atoms with Crippen molar-refractivity contribution in [1.82, 2.24) is 4.90 Å². The smallest absolute Gasteiger partial charge is 0.326 e. The molecule has 0 fully saturated rings. The summed E-state index contributed by atoms with van der Waals surface area (Å²) in [4.78, 5) is 49.8. The molecule has 2 amide bonds. The fourth-order valence-electron chi connectivity index (χ4n) is 2.84. The maximum atomic E-state index is 12.3. The average molecular weight is 430 g/mol. The molecule has 0 N–H and O–H groups in total. The monoisotopic (exact) mass is 429 g/mol. The lowest BCUT2D eigenvalue weighted by molar-refractivity contribution is -0.142. The summed E-state index contributed by atoms with van der Waals surface area (Å²) < 4.78 is 5.65. The van der Waals surface area contributed by atoms with Crippen molar-refractivity contribution in [2.75, 3.05) is 13.2 Å². The lowest BCUT2D eigenvalue weighted by Crippen LogP contribution is -2.36. The highest BCUT2D eigenvalue weighted by molar-refractivity contribution is 9.10. The molecule has 0 bridgehead atoms. The van der Waals surface area contributed by atoms with E-state index in [4.69, 9.17) is 4.74 Å². The maximum Gasteiger partial charge on any atom is 0.326 e. The normalized spacial score (nSPS) is 12.9. The first-order valence-corrected chi connectivity index (χ1v) is 8.99. The van der Waals surface area contributed by atoms with Crippen LogP contribution >= 0.6 is 15.9 Å². The molecular formula is C20H16BrNO5. The van der Waals surface area contributed by atoms with Crippen LogP contribution in [-0.4, -0.2) is 41.6 Å². The Balaban J connectivity index is 1.63. The Morgan fingerprint density at radius 1 is 1.00 bits per heavy atom. The first-order chi connectivity index (χ1) is 12.8. The molecule has 0 radical (unpaired) electrons. The average Bonchev–Trinajstić information content (AvgIpc) is 2.86. The van der Waals surface area contributed by atoms with E-state index in [1.54, 1.807) is 19.1 Å². The van der Waals surface area contributed by atoms with Gasteiger partial charge in [0.15, 0.2) is 6.61 Å². The van der Waals surface area contributed by atoms with Crippen LogP contribution in [0.2, 0.25) is 0 Å². The molecule has 1 heterocycles. The van der Waals surface area contributed by atoms with Crippen LogP contribution in [0.4, 0.5) is 0 Å². The largest absolute Gasteiger partial charge is 0.456 e. The lowest BCUT2D eigenvalue weighted by Gasteiger charge is -2.13. The number of esters is 1. The highest BCUT2D eigenvalue weighted by Gasteiger charge is 2.37. The van der Waals surface area contributed by atoms with Crippen molar-refractivity contribution in [3.05, 3.63) is 68.7 Å². The van der Waals surface area contributed by atoms with Crippen molar-refractivity contribution >= 4 is 39.5 Å². The number of nitrogens with zero attached hydrogens (tertiary/aromatic N) is 1. The van der Waals surface area contributed by atoms with Gasteiger partial charge in [0.25, 0.3) is 11.8 Å². The number of halogens is 1. The Morgan fingerprint density at radius 2 is 1.70 bits per heavy atom. The second-order valence-electron chi connectivity index (χ2n) is 6.29. The molecule has 0 aromatic heterocycles. The number of carbonyl (C=O) groups is 4. The Morgan fingerprint density at radius 3 is 2.44 bits per heavy atom. The zero-order valence-corrected chi connectivity index (χ0v) is 16.3. The van der Waals surface area contributed by atoms with Gasteiger partial charge in [-0.25, -0.2) is 0 Å². The molecule has 138 valence electrons. The van der Waals surface area contributed by atoms with Gasteiger partial charge in [0.2, 0.25) is 5.78 Å². The predicted octanol–water partition coefficient (Wildman–Crippen LogP) is 3.09. The molecule has 0 saturated carbocycles. The Hall–Kier alpha value is -2.80. The summed E-state index contributed by atoms with van der Waals surface area (Å²) in [6.07, 6.45) is 0. The molecule has 0 unspecified atom stereocenters. The van der Waals surface area contributed by atoms with Crippen molar-refractivity contribution in [3.63, 3.8) is 0 Å². The van der Waals surface area contributed by atoms with Gasteiger partial charge in [-0.1, -0.05) is 33.6 Å². The summed E-state index contributed by atoms with van der Waals surface area (Å²) in [5.41, 5.74) is 2.66. The Kier molecular flexibility index (Phi) is 5.23. The number of carbonyl (C=O) groups excluding carboxylic acids is 4. The van der Waals surface area contributed by atoms with E-state index in [1.807, 2.05) is 19.1 Å². The summed E-state index contributed by atoms with van der Waals surface area (Å²) in [5.74, 6) is -2.27. The first kappa shape index (κ1) is 19.0. The van der Waals surface area contributed by atoms with Gasteiger partial charge in [0.05, 0.1) is 11.1 Å². The lowest BCUT2D eigenvalue weighted by atomic mass is 10.0. The fourth-order valence-corrected chi connectivity index (χ4v) is 3.20. The molecule has 2 aromatic rings. The first-order valence-electron chi connectivity index (χ1n) is 8.19. The minimum Gasteiger partial charge on any atom is -0.456 e. The summed E-state index contributed by atoms with van der Waals surface area (Å²) >= 11 is 3.25. The van der Waals surface area contributed by atoms with Crippen LogP contribution in [0, 0.1) is 13.8 Å². The van der Waals surface area contributed by atoms with Gasteiger partial charge in [0.1, 0.15) is 6.54 Å². The topological polar surface area (TPSA) is 80.8 Å². The van der Waals surface area contributed by atoms with Gasteiger partial charge < -0.3 is 4.74 Å². The van der Waals surface area contributed by atoms with Gasteiger partial charge in [-0.3, -0.25) is 24.1 Å². The van der Waals surface area contributed by atoms with E-state index in [2.05, 4.69) is 15.9 Å². The predicted molar refractivity (Wildman–Crippen MR) is 101 cm³/mol. The minimum absolute atomic E-state index is 0.230. The van der Waals surface area contributed by atoms with Crippen LogP contribution < -0.4 is 0 Å². The summed E-state index contributed by atoms with van der Waals surface area (Å²) in [7, 11) is 0. The Bertz CT molecular complexity index is 982. The SMILES string of the molecule is Cc1ccc(C)c(C(=O)COC(=O)CN2C(=O)c3ccc(Br)cc3C2=O)c1.